The fourth-order valence-corrected chi connectivity index (χ4v) is 8.85. The first-order valence-corrected chi connectivity index (χ1v) is 20.0. The Kier molecular flexibility index (Phi) is 15.3. The van der Waals surface area contributed by atoms with Crippen LogP contribution in [0.4, 0.5) is 52.7 Å². The van der Waals surface area contributed by atoms with E-state index in [9.17, 15) is 72.5 Å². The summed E-state index contributed by atoms with van der Waals surface area (Å²) in [4.78, 5) is 29.8. The Morgan fingerprint density at radius 2 is 0.887 bits per heavy atom. The molecule has 62 heavy (non-hydrogen) atoms. The summed E-state index contributed by atoms with van der Waals surface area (Å²) in [7, 11) is 1.84. The van der Waals surface area contributed by atoms with E-state index in [2.05, 4.69) is 10.6 Å². The molecule has 6 atom stereocenters. The number of likely N-dealkylation sites (tertiary alicyclic amines) is 2. The van der Waals surface area contributed by atoms with Crippen molar-refractivity contribution in [3.05, 3.63) is 57.6 Å². The lowest BCUT2D eigenvalue weighted by Crippen LogP contribution is -2.53. The zero-order valence-corrected chi connectivity index (χ0v) is 33.6. The zero-order valence-electron chi connectivity index (χ0n) is 33.6. The normalized spacial score (nSPS) is 25.5. The van der Waals surface area contributed by atoms with E-state index in [1.54, 1.807) is 0 Å². The van der Waals surface area contributed by atoms with Crippen LogP contribution in [0.2, 0.25) is 0 Å². The predicted molar refractivity (Wildman–Crippen MR) is 197 cm³/mol. The lowest BCUT2D eigenvalue weighted by Gasteiger charge is -2.38. The smallest absolute Gasteiger partial charge is 0.417 e. The first-order valence-electron chi connectivity index (χ1n) is 20.0. The van der Waals surface area contributed by atoms with Gasteiger partial charge < -0.3 is 30.3 Å². The van der Waals surface area contributed by atoms with E-state index >= 15 is 0 Å². The predicted octanol–water partition coefficient (Wildman–Crippen LogP) is 7.68. The van der Waals surface area contributed by atoms with Gasteiger partial charge in [0.15, 0.2) is 0 Å². The first kappa shape index (κ1) is 49.0. The van der Waals surface area contributed by atoms with E-state index in [0.717, 1.165) is 39.9 Å². The van der Waals surface area contributed by atoms with Gasteiger partial charge in [-0.15, -0.1) is 0 Å². The van der Waals surface area contributed by atoms with E-state index in [0.29, 0.717) is 76.8 Å². The van der Waals surface area contributed by atoms with Crippen LogP contribution in [0.3, 0.4) is 0 Å². The summed E-state index contributed by atoms with van der Waals surface area (Å²) in [6.45, 7) is 2.04. The molecule has 0 unspecified atom stereocenters. The third-order valence-corrected chi connectivity index (χ3v) is 11.8. The number of methoxy groups -OCH3 is 2. The monoisotopic (exact) mass is 908 g/mol. The molecule has 22 heteroatoms. The number of rotatable bonds is 8. The molecule has 2 aromatic carbocycles. The number of alkyl halides is 12. The fraction of sp³-hybridized carbons (Fsp3) is 0.650. The van der Waals surface area contributed by atoms with Crippen LogP contribution in [0.25, 0.3) is 0 Å². The van der Waals surface area contributed by atoms with Crippen molar-refractivity contribution in [2.24, 2.45) is 0 Å². The number of aliphatic hydroxyl groups excluding tert-OH is 2. The minimum absolute atomic E-state index is 0.0629. The summed E-state index contributed by atoms with van der Waals surface area (Å²) >= 11 is 0. The van der Waals surface area contributed by atoms with Crippen LogP contribution in [-0.2, 0) is 24.7 Å². The van der Waals surface area contributed by atoms with Crippen molar-refractivity contribution in [3.63, 3.8) is 0 Å². The van der Waals surface area contributed by atoms with Gasteiger partial charge in [-0.05, 0) is 62.8 Å². The van der Waals surface area contributed by atoms with Crippen LogP contribution < -0.4 is 20.1 Å². The molecule has 0 radical (unpaired) electrons. The Balaban J connectivity index is 0.000000234. The number of halogens is 12. The molecule has 2 saturated heterocycles. The number of aliphatic hydroxyl groups is 2. The quantitative estimate of drug-likeness (QED) is 0.199. The maximum absolute atomic E-state index is 13.6. The maximum atomic E-state index is 13.6. The van der Waals surface area contributed by atoms with E-state index in [1.807, 2.05) is 9.80 Å². The molecule has 2 amide bonds. The third kappa shape index (κ3) is 11.8. The van der Waals surface area contributed by atoms with Gasteiger partial charge in [0.05, 0.1) is 59.8 Å². The van der Waals surface area contributed by atoms with Crippen molar-refractivity contribution in [3.8, 4) is 11.5 Å². The number of nitrogens with one attached hydrogen (secondary N) is 2. The minimum atomic E-state index is -5.19. The zero-order chi connectivity index (χ0) is 45.9. The molecule has 2 aromatic rings. The molecule has 2 aliphatic carbocycles. The highest BCUT2D eigenvalue weighted by molar-refractivity contribution is 5.99. The van der Waals surface area contributed by atoms with Gasteiger partial charge in [0, 0.05) is 50.3 Å². The molecule has 0 bridgehead atoms. The Morgan fingerprint density at radius 1 is 0.548 bits per heavy atom. The molecule has 10 nitrogen and oxygen atoms in total. The molecule has 2 aliphatic heterocycles. The van der Waals surface area contributed by atoms with Crippen molar-refractivity contribution in [1.82, 2.24) is 20.4 Å². The van der Waals surface area contributed by atoms with Gasteiger partial charge in [-0.3, -0.25) is 19.4 Å². The number of ether oxygens (including phenoxy) is 2. The highest BCUT2D eigenvalue weighted by atomic mass is 19.4. The van der Waals surface area contributed by atoms with Crippen LogP contribution >= 0.6 is 0 Å². The Bertz CT molecular complexity index is 1760. The van der Waals surface area contributed by atoms with Crippen LogP contribution in [0.15, 0.2) is 24.3 Å². The number of carbonyl (C=O) groups excluding carboxylic acids is 2. The lowest BCUT2D eigenvalue weighted by atomic mass is 9.88. The second-order valence-corrected chi connectivity index (χ2v) is 15.9. The highest BCUT2D eigenvalue weighted by Gasteiger charge is 2.45. The summed E-state index contributed by atoms with van der Waals surface area (Å²) in [5.74, 6) is -3.84. The average molecular weight is 909 g/mol. The standard InChI is InChI=1S/2C20H24F6N2O3/c2*1-31-16-9-11(19(21,22)23)8-13(20(24,25)26)17(16)18(30)27-14-4-2-3-5-15(14)28-7-6-12(29)10-28/h2*8-9,12,14-15,29H,2-7,10H2,1H3,(H,27,30)/t12-,14+,15-;12-,14-,15+/m01/s1. The second kappa shape index (κ2) is 19.4. The Hall–Kier alpha value is -4.02. The molecule has 2 heterocycles. The molecular weight excluding hydrogens is 860 g/mol. The van der Waals surface area contributed by atoms with Crippen LogP contribution in [0.1, 0.15) is 107 Å². The first-order chi connectivity index (χ1) is 28.8. The van der Waals surface area contributed by atoms with Crippen LogP contribution in [0.5, 0.6) is 11.5 Å². The Morgan fingerprint density at radius 3 is 1.16 bits per heavy atom. The number of benzene rings is 2. The summed E-state index contributed by atoms with van der Waals surface area (Å²) in [6.07, 6.45) is -14.6. The molecule has 4 N–H and O–H groups in total. The van der Waals surface area contributed by atoms with Crippen molar-refractivity contribution in [1.29, 1.82) is 0 Å². The van der Waals surface area contributed by atoms with Gasteiger partial charge in [0.25, 0.3) is 11.8 Å². The second-order valence-electron chi connectivity index (χ2n) is 15.9. The lowest BCUT2D eigenvalue weighted by molar-refractivity contribution is -0.145. The van der Waals surface area contributed by atoms with Crippen molar-refractivity contribution in [2.75, 3.05) is 40.4 Å². The summed E-state index contributed by atoms with van der Waals surface area (Å²) in [5.41, 5.74) is -8.41. The number of nitrogens with zero attached hydrogens (tertiary/aromatic N) is 2. The van der Waals surface area contributed by atoms with Gasteiger partial charge in [-0.1, -0.05) is 25.7 Å². The molecule has 2 saturated carbocycles. The highest BCUT2D eigenvalue weighted by Crippen LogP contribution is 2.43. The number of hydrogen-bond donors (Lipinski definition) is 4. The van der Waals surface area contributed by atoms with Gasteiger partial charge in [0.2, 0.25) is 0 Å². The van der Waals surface area contributed by atoms with E-state index in [-0.39, 0.29) is 24.2 Å². The molecule has 4 aliphatic rings. The molecule has 6 rings (SSSR count). The minimum Gasteiger partial charge on any atom is -0.496 e. The van der Waals surface area contributed by atoms with Gasteiger partial charge in [-0.2, -0.15) is 52.7 Å². The summed E-state index contributed by atoms with van der Waals surface area (Å²) < 4.78 is 170. The van der Waals surface area contributed by atoms with Gasteiger partial charge in [-0.25, -0.2) is 0 Å². The number of hydrogen-bond acceptors (Lipinski definition) is 8. The topological polar surface area (TPSA) is 124 Å². The fourth-order valence-electron chi connectivity index (χ4n) is 8.85. The van der Waals surface area contributed by atoms with Gasteiger partial charge >= 0.3 is 24.7 Å². The van der Waals surface area contributed by atoms with Crippen LogP contribution in [-0.4, -0.2) is 109 Å². The number of amides is 2. The van der Waals surface area contributed by atoms with Crippen LogP contribution in [0, 0.1) is 0 Å². The van der Waals surface area contributed by atoms with E-state index < -0.39 is 106 Å². The largest absolute Gasteiger partial charge is 0.496 e. The van der Waals surface area contributed by atoms with Crippen molar-refractivity contribution >= 4 is 11.8 Å². The third-order valence-electron chi connectivity index (χ3n) is 11.8. The molecule has 4 fully saturated rings. The summed E-state index contributed by atoms with van der Waals surface area (Å²) in [6, 6.07) is -0.619. The molecule has 0 aromatic heterocycles. The van der Waals surface area contributed by atoms with Crippen molar-refractivity contribution in [2.45, 2.75) is 125 Å². The maximum Gasteiger partial charge on any atom is 0.417 e. The van der Waals surface area contributed by atoms with E-state index in [1.165, 1.54) is 0 Å². The van der Waals surface area contributed by atoms with Gasteiger partial charge in [0.1, 0.15) is 11.5 Å². The van der Waals surface area contributed by atoms with Crippen molar-refractivity contribution < 1.29 is 82.0 Å². The Labute approximate surface area is 348 Å². The number of β-amino-alcohol motifs (C(OH)–C–C–N with tert-alkyl or cyclic N) is 2. The van der Waals surface area contributed by atoms with E-state index in [4.69, 9.17) is 9.47 Å². The molecule has 348 valence electrons. The molecule has 0 spiro atoms. The SMILES string of the molecule is COc1cc(C(F)(F)F)cc(C(F)(F)F)c1C(=O)N[C@@H]1CCCC[C@@H]1N1CC[C@@H](O)C1.COc1cc(C(F)(F)F)cc(C(F)(F)F)c1C(=O)N[C@@H]1CCCC[C@@H]1N1CC[C@H](O)C1. The number of carbonyl (C=O) groups is 2. The average Bonchev–Trinajstić information content (AvgIpc) is 3.83. The summed E-state index contributed by atoms with van der Waals surface area (Å²) in [5, 5.41) is 24.8. The molecular formula is C40H48F12N4O6.